The number of thioether (sulfide) groups is 1. The molecule has 0 spiro atoms. The maximum absolute atomic E-state index is 12.1. The first-order chi connectivity index (χ1) is 10.1. The third kappa shape index (κ3) is 2.57. The summed E-state index contributed by atoms with van der Waals surface area (Å²) in [4.78, 5) is 32.2. The van der Waals surface area contributed by atoms with Gasteiger partial charge in [0.25, 0.3) is 11.3 Å². The topological polar surface area (TPSA) is 80.1 Å². The number of carbonyl (C=O) groups excluding carboxylic acids is 1. The molecule has 0 saturated heterocycles. The molecular weight excluding hydrogens is 312 g/mol. The number of hydrogen-bond acceptors (Lipinski definition) is 5. The van der Waals surface area contributed by atoms with Crippen molar-refractivity contribution in [2.45, 2.75) is 12.1 Å². The Morgan fingerprint density at radius 2 is 2.00 bits per heavy atom. The van der Waals surface area contributed by atoms with E-state index in [2.05, 4.69) is 15.1 Å². The van der Waals surface area contributed by atoms with Crippen LogP contribution in [0.1, 0.15) is 16.1 Å². The highest BCUT2D eigenvalue weighted by atomic mass is 35.5. The number of rotatable bonds is 2. The van der Waals surface area contributed by atoms with Gasteiger partial charge in [-0.05, 0) is 18.7 Å². The molecule has 3 rings (SSSR count). The van der Waals surface area contributed by atoms with Crippen molar-refractivity contribution in [2.75, 3.05) is 0 Å². The number of aromatic nitrogens is 4. The zero-order valence-electron chi connectivity index (χ0n) is 10.8. The number of nitrogens with one attached hydrogen (secondary N) is 1. The summed E-state index contributed by atoms with van der Waals surface area (Å²) >= 11 is 6.74. The minimum atomic E-state index is -0.439. The summed E-state index contributed by atoms with van der Waals surface area (Å²) in [5, 5.41) is 2.86. The van der Waals surface area contributed by atoms with Crippen LogP contribution in [-0.2, 0) is 0 Å². The molecule has 2 aromatic heterocycles. The number of carbonyl (C=O) groups is 1. The number of H-pyrrole nitrogens is 1. The number of aromatic amines is 1. The fraction of sp³-hybridized carbons (Fsp3) is 0.0769. The van der Waals surface area contributed by atoms with E-state index in [1.54, 1.807) is 31.2 Å². The van der Waals surface area contributed by atoms with E-state index in [0.717, 1.165) is 16.3 Å². The molecule has 0 amide bonds. The molecule has 0 radical (unpaired) electrons. The van der Waals surface area contributed by atoms with Gasteiger partial charge in [-0.25, -0.2) is 4.98 Å². The Bertz CT molecular complexity index is 888. The second-order valence-corrected chi connectivity index (χ2v) is 5.58. The minimum Gasteiger partial charge on any atom is -0.281 e. The number of aryl methyl sites for hydroxylation is 1. The van der Waals surface area contributed by atoms with E-state index in [1.807, 2.05) is 6.07 Å². The Labute approximate surface area is 128 Å². The zero-order chi connectivity index (χ0) is 15.0. The van der Waals surface area contributed by atoms with Gasteiger partial charge in [0.05, 0.1) is 5.69 Å². The normalized spacial score (nSPS) is 11.0. The lowest BCUT2D eigenvalue weighted by molar-refractivity contribution is 0.108. The lowest BCUT2D eigenvalue weighted by atomic mass is 10.2. The maximum Gasteiger partial charge on any atom is 0.293 e. The zero-order valence-corrected chi connectivity index (χ0v) is 12.4. The van der Waals surface area contributed by atoms with Gasteiger partial charge >= 0.3 is 0 Å². The van der Waals surface area contributed by atoms with Gasteiger partial charge in [0.2, 0.25) is 5.12 Å². The molecule has 0 aliphatic heterocycles. The van der Waals surface area contributed by atoms with Crippen LogP contribution in [0.2, 0.25) is 5.02 Å². The van der Waals surface area contributed by atoms with Crippen LogP contribution in [-0.4, -0.2) is 24.7 Å². The van der Waals surface area contributed by atoms with E-state index in [-0.39, 0.29) is 21.1 Å². The lowest BCUT2D eigenvalue weighted by Gasteiger charge is -1.96. The smallest absolute Gasteiger partial charge is 0.281 e. The van der Waals surface area contributed by atoms with Crippen LogP contribution in [0, 0.1) is 6.92 Å². The number of benzene rings is 1. The molecule has 0 aliphatic rings. The Kier molecular flexibility index (Phi) is 3.52. The predicted molar refractivity (Wildman–Crippen MR) is 80.0 cm³/mol. The molecule has 0 unspecified atom stereocenters. The average Bonchev–Trinajstić information content (AvgIpc) is 2.88. The van der Waals surface area contributed by atoms with Crippen LogP contribution in [0.5, 0.6) is 0 Å². The number of fused-ring (bicyclic) bond motifs is 1. The van der Waals surface area contributed by atoms with Crippen LogP contribution < -0.4 is 5.56 Å². The Morgan fingerprint density at radius 3 is 2.71 bits per heavy atom. The highest BCUT2D eigenvalue weighted by Crippen LogP contribution is 2.19. The van der Waals surface area contributed by atoms with E-state index in [9.17, 15) is 9.59 Å². The molecule has 0 saturated carbocycles. The maximum atomic E-state index is 12.1. The average molecular weight is 321 g/mol. The van der Waals surface area contributed by atoms with E-state index in [1.165, 1.54) is 0 Å². The van der Waals surface area contributed by atoms with Crippen molar-refractivity contribution in [1.29, 1.82) is 0 Å². The van der Waals surface area contributed by atoms with Crippen molar-refractivity contribution in [3.63, 3.8) is 0 Å². The van der Waals surface area contributed by atoms with Crippen molar-refractivity contribution in [3.8, 4) is 0 Å². The summed E-state index contributed by atoms with van der Waals surface area (Å²) in [5.41, 5.74) is 0.516. The Morgan fingerprint density at radius 1 is 1.29 bits per heavy atom. The van der Waals surface area contributed by atoms with Crippen LogP contribution >= 0.6 is 23.4 Å². The Balaban J connectivity index is 1.97. The van der Waals surface area contributed by atoms with Crippen LogP contribution in [0.3, 0.4) is 0 Å². The molecule has 1 aromatic carbocycles. The van der Waals surface area contributed by atoms with Crippen molar-refractivity contribution in [3.05, 3.63) is 57.0 Å². The second kappa shape index (κ2) is 5.34. The first-order valence-corrected chi connectivity index (χ1v) is 7.18. The van der Waals surface area contributed by atoms with Gasteiger partial charge in [-0.1, -0.05) is 41.9 Å². The van der Waals surface area contributed by atoms with E-state index >= 15 is 0 Å². The number of nitrogens with zero attached hydrogens (tertiary/aromatic N) is 3. The molecule has 8 heteroatoms. The Hall–Kier alpha value is -2.12. The van der Waals surface area contributed by atoms with Gasteiger partial charge < -0.3 is 0 Å². The van der Waals surface area contributed by atoms with Crippen molar-refractivity contribution in [2.24, 2.45) is 0 Å². The van der Waals surface area contributed by atoms with Gasteiger partial charge in [-0.15, -0.1) is 0 Å². The molecule has 3 aromatic rings. The van der Waals surface area contributed by atoms with Crippen molar-refractivity contribution < 1.29 is 4.79 Å². The first kappa shape index (κ1) is 13.8. The molecule has 21 heavy (non-hydrogen) atoms. The van der Waals surface area contributed by atoms with Gasteiger partial charge in [0.15, 0.2) is 5.16 Å². The van der Waals surface area contributed by atoms with Crippen LogP contribution in [0.25, 0.3) is 5.78 Å². The summed E-state index contributed by atoms with van der Waals surface area (Å²) in [5.74, 6) is 0.185. The van der Waals surface area contributed by atoms with Crippen molar-refractivity contribution >= 4 is 34.3 Å². The van der Waals surface area contributed by atoms with Gasteiger partial charge in [0, 0.05) is 5.56 Å². The quantitative estimate of drug-likeness (QED) is 0.733. The largest absolute Gasteiger partial charge is 0.293 e. The molecule has 6 nitrogen and oxygen atoms in total. The fourth-order valence-electron chi connectivity index (χ4n) is 1.75. The van der Waals surface area contributed by atoms with Gasteiger partial charge in [-0.2, -0.15) is 9.50 Å². The minimum absolute atomic E-state index is 0.0297. The predicted octanol–water partition coefficient (Wildman–Crippen LogP) is 2.31. The number of halogens is 1. The molecule has 0 bridgehead atoms. The molecule has 1 N–H and O–H groups in total. The molecular formula is C13H9ClN4O2S. The van der Waals surface area contributed by atoms with E-state index in [4.69, 9.17) is 11.6 Å². The third-order valence-electron chi connectivity index (χ3n) is 2.78. The number of hydrogen-bond donors (Lipinski definition) is 1. The second-order valence-electron chi connectivity index (χ2n) is 4.24. The van der Waals surface area contributed by atoms with Crippen LogP contribution in [0.4, 0.5) is 0 Å². The fourth-order valence-corrected chi connectivity index (χ4v) is 2.57. The lowest BCUT2D eigenvalue weighted by Crippen LogP contribution is -2.17. The van der Waals surface area contributed by atoms with Crippen LogP contribution in [0.15, 0.2) is 40.3 Å². The monoisotopic (exact) mass is 320 g/mol. The van der Waals surface area contributed by atoms with Crippen molar-refractivity contribution in [1.82, 2.24) is 19.6 Å². The summed E-state index contributed by atoms with van der Waals surface area (Å²) < 4.78 is 1.12. The molecule has 2 heterocycles. The first-order valence-electron chi connectivity index (χ1n) is 5.98. The summed E-state index contributed by atoms with van der Waals surface area (Å²) in [7, 11) is 0. The van der Waals surface area contributed by atoms with E-state index < -0.39 is 5.56 Å². The summed E-state index contributed by atoms with van der Waals surface area (Å²) in [6, 6.07) is 8.81. The van der Waals surface area contributed by atoms with Gasteiger partial charge in [0.1, 0.15) is 5.02 Å². The third-order valence-corrected chi connectivity index (χ3v) is 4.02. The molecule has 0 fully saturated rings. The van der Waals surface area contributed by atoms with Gasteiger partial charge in [-0.3, -0.25) is 14.7 Å². The highest BCUT2D eigenvalue weighted by molar-refractivity contribution is 8.14. The molecule has 106 valence electrons. The standard InChI is InChI=1S/C13H9ClN4O2S/c1-7-9(14)10(19)18-12(15-7)16-13(17-18)21-11(20)8-5-3-2-4-6-8/h2-6H,1H3,(H,15,16,17). The highest BCUT2D eigenvalue weighted by Gasteiger charge is 2.15. The summed E-state index contributed by atoms with van der Waals surface area (Å²) in [6.45, 7) is 1.63. The van der Waals surface area contributed by atoms with E-state index in [0.29, 0.717) is 11.3 Å². The molecule has 0 aliphatic carbocycles. The SMILES string of the molecule is Cc1nc2nc(SC(=O)c3ccccc3)[nH]n2c(=O)c1Cl. The summed E-state index contributed by atoms with van der Waals surface area (Å²) in [6.07, 6.45) is 0. The molecule has 0 atom stereocenters.